The molecule has 5 heteroatoms. The molecule has 0 radical (unpaired) electrons. The maximum Gasteiger partial charge on any atom is 0.251 e. The van der Waals surface area contributed by atoms with Crippen molar-refractivity contribution in [3.05, 3.63) is 59.5 Å². The minimum atomic E-state index is -0.583. The van der Waals surface area contributed by atoms with Gasteiger partial charge in [-0.1, -0.05) is 26.0 Å². The first kappa shape index (κ1) is 22.2. The molecule has 1 unspecified atom stereocenters. The molecule has 2 aromatic rings. The standard InChI is InChI=1S/C28H36N2O3/c1-18(2)25(27(32)30(3)17-24-5-4-10-33-24)29-26(31)22-6-8-23(9-7-22)28-14-19-11-20(15-28)13-21(12-19)16-28/h4-10,18-21,25H,11-17H2,1-3H3,(H,29,31). The molecule has 0 spiro atoms. The first-order valence-corrected chi connectivity index (χ1v) is 12.5. The van der Waals surface area contributed by atoms with E-state index in [2.05, 4.69) is 17.4 Å². The van der Waals surface area contributed by atoms with Crippen LogP contribution in [0.2, 0.25) is 0 Å². The lowest BCUT2D eigenvalue weighted by Gasteiger charge is -2.57. The molecule has 4 aliphatic rings. The van der Waals surface area contributed by atoms with Crippen LogP contribution >= 0.6 is 0 Å². The van der Waals surface area contributed by atoms with E-state index < -0.39 is 6.04 Å². The Bertz CT molecular complexity index is 957. The van der Waals surface area contributed by atoms with E-state index >= 15 is 0 Å². The Morgan fingerprint density at radius 3 is 2.15 bits per heavy atom. The molecule has 1 aromatic heterocycles. The van der Waals surface area contributed by atoms with Gasteiger partial charge >= 0.3 is 0 Å². The number of nitrogens with zero attached hydrogens (tertiary/aromatic N) is 1. The zero-order chi connectivity index (χ0) is 23.2. The predicted molar refractivity (Wildman–Crippen MR) is 128 cm³/mol. The Balaban J connectivity index is 1.26. The molecule has 1 aromatic carbocycles. The molecule has 6 rings (SSSR count). The summed E-state index contributed by atoms with van der Waals surface area (Å²) in [7, 11) is 1.74. The SMILES string of the molecule is CC(C)C(NC(=O)c1ccc(C23CC4CC(CC(C4)C2)C3)cc1)C(=O)N(C)Cc1ccco1. The lowest BCUT2D eigenvalue weighted by atomic mass is 9.48. The summed E-state index contributed by atoms with van der Waals surface area (Å²) in [4.78, 5) is 27.7. The highest BCUT2D eigenvalue weighted by Gasteiger charge is 2.51. The lowest BCUT2D eigenvalue weighted by Crippen LogP contribution is -2.50. The highest BCUT2D eigenvalue weighted by atomic mass is 16.3. The molecule has 4 fully saturated rings. The van der Waals surface area contributed by atoms with Gasteiger partial charge in [-0.3, -0.25) is 9.59 Å². The average Bonchev–Trinajstić information content (AvgIpc) is 3.29. The van der Waals surface area contributed by atoms with Gasteiger partial charge in [0.25, 0.3) is 5.91 Å². The number of hydrogen-bond acceptors (Lipinski definition) is 3. The van der Waals surface area contributed by atoms with Crippen molar-refractivity contribution in [2.24, 2.45) is 23.7 Å². The number of amides is 2. The van der Waals surface area contributed by atoms with Crippen molar-refractivity contribution in [3.8, 4) is 0 Å². The fraction of sp³-hybridized carbons (Fsp3) is 0.571. The van der Waals surface area contributed by atoms with Crippen molar-refractivity contribution < 1.29 is 14.0 Å². The topological polar surface area (TPSA) is 62.6 Å². The van der Waals surface area contributed by atoms with Crippen LogP contribution in [0.25, 0.3) is 0 Å². The lowest BCUT2D eigenvalue weighted by molar-refractivity contribution is -0.133. The fourth-order valence-electron chi connectivity index (χ4n) is 7.13. The third-order valence-electron chi connectivity index (χ3n) is 8.37. The van der Waals surface area contributed by atoms with Gasteiger partial charge in [-0.2, -0.15) is 0 Å². The van der Waals surface area contributed by atoms with Gasteiger partial charge < -0.3 is 14.6 Å². The predicted octanol–water partition coefficient (Wildman–Crippen LogP) is 5.16. The molecular weight excluding hydrogens is 412 g/mol. The van der Waals surface area contributed by atoms with Gasteiger partial charge in [0.1, 0.15) is 11.8 Å². The second-order valence-corrected chi connectivity index (χ2v) is 11.2. The third kappa shape index (κ3) is 4.34. The number of nitrogens with one attached hydrogen (secondary N) is 1. The molecule has 4 bridgehead atoms. The van der Waals surface area contributed by atoms with E-state index in [-0.39, 0.29) is 17.7 Å². The van der Waals surface area contributed by atoms with E-state index in [0.29, 0.717) is 17.5 Å². The van der Waals surface area contributed by atoms with Crippen LogP contribution in [0, 0.1) is 23.7 Å². The second-order valence-electron chi connectivity index (χ2n) is 11.2. The van der Waals surface area contributed by atoms with Crippen LogP contribution < -0.4 is 5.32 Å². The van der Waals surface area contributed by atoms with Crippen LogP contribution in [0.4, 0.5) is 0 Å². The Kier molecular flexibility index (Phi) is 5.84. The summed E-state index contributed by atoms with van der Waals surface area (Å²) in [6.45, 7) is 4.30. The fourth-order valence-corrected chi connectivity index (χ4v) is 7.13. The van der Waals surface area contributed by atoms with Crippen molar-refractivity contribution in [1.29, 1.82) is 0 Å². The van der Waals surface area contributed by atoms with Gasteiger partial charge in [-0.25, -0.2) is 0 Å². The van der Waals surface area contributed by atoms with E-state index in [1.807, 2.05) is 38.1 Å². The van der Waals surface area contributed by atoms with Crippen LogP contribution in [0.5, 0.6) is 0 Å². The molecule has 1 heterocycles. The molecule has 1 atom stereocenters. The van der Waals surface area contributed by atoms with Crippen LogP contribution in [0.1, 0.15) is 74.1 Å². The normalized spacial score (nSPS) is 28.7. The summed E-state index contributed by atoms with van der Waals surface area (Å²) >= 11 is 0. The van der Waals surface area contributed by atoms with E-state index in [0.717, 1.165) is 23.5 Å². The van der Waals surface area contributed by atoms with E-state index in [1.54, 1.807) is 18.2 Å². The summed E-state index contributed by atoms with van der Waals surface area (Å²) in [5, 5.41) is 2.99. The molecule has 176 valence electrons. The number of rotatable bonds is 7. The highest BCUT2D eigenvalue weighted by Crippen LogP contribution is 2.60. The summed E-state index contributed by atoms with van der Waals surface area (Å²) in [5.41, 5.74) is 2.36. The smallest absolute Gasteiger partial charge is 0.251 e. The monoisotopic (exact) mass is 448 g/mol. The number of benzene rings is 1. The zero-order valence-electron chi connectivity index (χ0n) is 20.0. The number of hydrogen-bond donors (Lipinski definition) is 1. The largest absolute Gasteiger partial charge is 0.467 e. The number of carbonyl (C=O) groups is 2. The highest BCUT2D eigenvalue weighted by molar-refractivity contribution is 5.97. The van der Waals surface area contributed by atoms with Gasteiger partial charge in [-0.15, -0.1) is 0 Å². The third-order valence-corrected chi connectivity index (χ3v) is 8.37. The minimum Gasteiger partial charge on any atom is -0.467 e. The van der Waals surface area contributed by atoms with Gasteiger partial charge in [0.2, 0.25) is 5.91 Å². The van der Waals surface area contributed by atoms with Crippen molar-refractivity contribution >= 4 is 11.8 Å². The minimum absolute atomic E-state index is 0.0215. The Morgan fingerprint density at radius 2 is 1.64 bits per heavy atom. The zero-order valence-corrected chi connectivity index (χ0v) is 20.0. The van der Waals surface area contributed by atoms with Gasteiger partial charge in [-0.05, 0) is 97.4 Å². The molecule has 2 amide bonds. The Labute approximate surface area is 196 Å². The molecule has 33 heavy (non-hydrogen) atoms. The molecule has 1 N–H and O–H groups in total. The van der Waals surface area contributed by atoms with E-state index in [9.17, 15) is 9.59 Å². The number of furan rings is 1. The number of carbonyl (C=O) groups excluding carboxylic acids is 2. The molecule has 4 aliphatic carbocycles. The summed E-state index contributed by atoms with van der Waals surface area (Å²) in [6.07, 6.45) is 9.84. The maximum atomic E-state index is 13.1. The van der Waals surface area contributed by atoms with Crippen molar-refractivity contribution in [1.82, 2.24) is 10.2 Å². The van der Waals surface area contributed by atoms with Crippen molar-refractivity contribution in [2.45, 2.75) is 70.4 Å². The van der Waals surface area contributed by atoms with E-state index in [1.165, 1.54) is 44.1 Å². The molecule has 0 saturated heterocycles. The van der Waals surface area contributed by atoms with Gasteiger partial charge in [0.15, 0.2) is 0 Å². The summed E-state index contributed by atoms with van der Waals surface area (Å²) in [5.74, 6) is 3.10. The first-order valence-electron chi connectivity index (χ1n) is 12.5. The summed E-state index contributed by atoms with van der Waals surface area (Å²) in [6, 6.07) is 11.3. The molecule has 4 saturated carbocycles. The van der Waals surface area contributed by atoms with Crippen molar-refractivity contribution in [3.63, 3.8) is 0 Å². The quantitative estimate of drug-likeness (QED) is 0.636. The van der Waals surface area contributed by atoms with Gasteiger partial charge in [0, 0.05) is 12.6 Å². The second kappa shape index (κ2) is 8.66. The maximum absolute atomic E-state index is 13.1. The molecule has 5 nitrogen and oxygen atoms in total. The van der Waals surface area contributed by atoms with Crippen LogP contribution in [0.15, 0.2) is 47.1 Å². The van der Waals surface area contributed by atoms with Crippen LogP contribution in [0.3, 0.4) is 0 Å². The van der Waals surface area contributed by atoms with E-state index in [4.69, 9.17) is 4.42 Å². The summed E-state index contributed by atoms with van der Waals surface area (Å²) < 4.78 is 5.36. The average molecular weight is 449 g/mol. The number of likely N-dealkylation sites (N-methyl/N-ethyl adjacent to an activating group) is 1. The molecule has 0 aliphatic heterocycles. The van der Waals surface area contributed by atoms with Crippen molar-refractivity contribution in [2.75, 3.05) is 7.05 Å². The molecular formula is C28H36N2O3. The van der Waals surface area contributed by atoms with Crippen LogP contribution in [-0.4, -0.2) is 29.8 Å². The van der Waals surface area contributed by atoms with Gasteiger partial charge in [0.05, 0.1) is 12.8 Å². The Hall–Kier alpha value is -2.56. The first-order chi connectivity index (χ1) is 15.8. The van der Waals surface area contributed by atoms with Crippen LogP contribution in [-0.2, 0) is 16.8 Å². The Morgan fingerprint density at radius 1 is 1.03 bits per heavy atom.